The summed E-state index contributed by atoms with van der Waals surface area (Å²) in [4.78, 5) is 23.9. The van der Waals surface area contributed by atoms with Crippen molar-refractivity contribution in [1.29, 1.82) is 0 Å². The second kappa shape index (κ2) is 5.62. The minimum atomic E-state index is -0.634. The summed E-state index contributed by atoms with van der Waals surface area (Å²) in [6.07, 6.45) is 3.47. The second-order valence-electron chi connectivity index (χ2n) is 4.51. The third-order valence-electron chi connectivity index (χ3n) is 3.07. The molecule has 6 nitrogen and oxygen atoms in total. The van der Waals surface area contributed by atoms with E-state index in [1.807, 2.05) is 6.07 Å². The molecule has 3 aromatic rings. The zero-order valence-corrected chi connectivity index (χ0v) is 11.2. The highest BCUT2D eigenvalue weighted by Gasteiger charge is 2.12. The van der Waals surface area contributed by atoms with Crippen LogP contribution < -0.4 is 10.9 Å². The molecule has 0 bridgehead atoms. The highest BCUT2D eigenvalue weighted by Crippen LogP contribution is 2.12. The van der Waals surface area contributed by atoms with E-state index in [0.717, 1.165) is 0 Å². The van der Waals surface area contributed by atoms with Gasteiger partial charge in [0.05, 0.1) is 6.54 Å². The molecule has 1 aromatic carbocycles. The normalized spacial score (nSPS) is 10.7. The van der Waals surface area contributed by atoms with Crippen LogP contribution in [0.3, 0.4) is 0 Å². The Morgan fingerprint density at radius 1 is 1.29 bits per heavy atom. The number of hydrogen-bond acceptors (Lipinski definition) is 4. The van der Waals surface area contributed by atoms with Gasteiger partial charge in [0.2, 0.25) is 0 Å². The maximum atomic E-state index is 12.0. The molecule has 3 rings (SSSR count). The third-order valence-corrected chi connectivity index (χ3v) is 3.07. The lowest BCUT2D eigenvalue weighted by Gasteiger charge is -2.05. The fourth-order valence-electron chi connectivity index (χ4n) is 2.03. The molecule has 1 N–H and O–H groups in total. The largest absolute Gasteiger partial charge is 0.422 e. The summed E-state index contributed by atoms with van der Waals surface area (Å²) in [5.74, 6) is -0.443. The van der Waals surface area contributed by atoms with E-state index in [1.54, 1.807) is 47.4 Å². The highest BCUT2D eigenvalue weighted by molar-refractivity contribution is 5.96. The zero-order valence-electron chi connectivity index (χ0n) is 11.2. The molecular formula is C15H13N3O3. The lowest BCUT2D eigenvalue weighted by molar-refractivity contribution is 0.0948. The average Bonchev–Trinajstić information content (AvgIpc) is 2.99. The predicted octanol–water partition coefficient (Wildman–Crippen LogP) is 1.42. The molecule has 0 radical (unpaired) electrons. The van der Waals surface area contributed by atoms with Crippen LogP contribution in [0, 0.1) is 0 Å². The van der Waals surface area contributed by atoms with Crippen LogP contribution in [0.25, 0.3) is 11.0 Å². The summed E-state index contributed by atoms with van der Waals surface area (Å²) in [5.41, 5.74) is -0.157. The molecule has 0 aliphatic heterocycles. The van der Waals surface area contributed by atoms with Crippen molar-refractivity contribution >= 4 is 16.9 Å². The molecule has 2 aromatic heterocycles. The summed E-state index contributed by atoms with van der Waals surface area (Å²) in [6, 6.07) is 10.4. The lowest BCUT2D eigenvalue weighted by Crippen LogP contribution is -2.31. The van der Waals surface area contributed by atoms with Crippen LogP contribution in [0.1, 0.15) is 10.4 Å². The van der Waals surface area contributed by atoms with Crippen molar-refractivity contribution in [3.05, 3.63) is 64.8 Å². The molecule has 1 amide bonds. The number of fused-ring (bicyclic) bond motifs is 1. The van der Waals surface area contributed by atoms with Crippen molar-refractivity contribution in [2.45, 2.75) is 6.54 Å². The first-order valence-electron chi connectivity index (χ1n) is 6.52. The number of carbonyl (C=O) groups excluding carboxylic acids is 1. The number of aromatic nitrogens is 2. The fraction of sp³-hybridized carbons (Fsp3) is 0.133. The van der Waals surface area contributed by atoms with Gasteiger partial charge in [-0.2, -0.15) is 5.10 Å². The number of amides is 1. The van der Waals surface area contributed by atoms with Gasteiger partial charge in [-0.25, -0.2) is 4.79 Å². The molecule has 106 valence electrons. The number of hydrogen-bond donors (Lipinski definition) is 1. The average molecular weight is 283 g/mol. The highest BCUT2D eigenvalue weighted by atomic mass is 16.4. The molecule has 0 saturated heterocycles. The smallest absolute Gasteiger partial charge is 0.349 e. The second-order valence-corrected chi connectivity index (χ2v) is 4.51. The van der Waals surface area contributed by atoms with Gasteiger partial charge < -0.3 is 9.73 Å². The van der Waals surface area contributed by atoms with Crippen molar-refractivity contribution < 1.29 is 9.21 Å². The van der Waals surface area contributed by atoms with E-state index in [9.17, 15) is 9.59 Å². The number of nitrogens with zero attached hydrogens (tertiary/aromatic N) is 2. The van der Waals surface area contributed by atoms with Crippen LogP contribution in [0.15, 0.2) is 58.0 Å². The molecule has 21 heavy (non-hydrogen) atoms. The Bertz CT molecular complexity index is 822. The molecular weight excluding hydrogens is 270 g/mol. The Morgan fingerprint density at radius 2 is 2.14 bits per heavy atom. The lowest BCUT2D eigenvalue weighted by atomic mass is 10.2. The summed E-state index contributed by atoms with van der Waals surface area (Å²) < 4.78 is 6.83. The molecule has 0 fully saturated rings. The first kappa shape index (κ1) is 13.1. The van der Waals surface area contributed by atoms with E-state index in [-0.39, 0.29) is 5.56 Å². The minimum absolute atomic E-state index is 0.00849. The van der Waals surface area contributed by atoms with Crippen LogP contribution >= 0.6 is 0 Å². The van der Waals surface area contributed by atoms with Gasteiger partial charge in [-0.3, -0.25) is 9.48 Å². The van der Waals surface area contributed by atoms with Crippen molar-refractivity contribution in [2.75, 3.05) is 6.54 Å². The Balaban J connectivity index is 1.75. The number of nitrogens with one attached hydrogen (secondary N) is 1. The van der Waals surface area contributed by atoms with Crippen LogP contribution in [-0.2, 0) is 6.54 Å². The maximum Gasteiger partial charge on any atom is 0.349 e. The standard InChI is InChI=1S/C15H13N3O3/c19-14(16-7-9-18-8-3-6-17-18)12-10-11-4-1-2-5-13(11)21-15(12)20/h1-6,8,10H,7,9H2,(H,16,19). The molecule has 0 aliphatic rings. The summed E-state index contributed by atoms with van der Waals surface area (Å²) >= 11 is 0. The van der Waals surface area contributed by atoms with E-state index in [2.05, 4.69) is 10.4 Å². The molecule has 2 heterocycles. The quantitative estimate of drug-likeness (QED) is 0.735. The molecule has 0 unspecified atom stereocenters. The minimum Gasteiger partial charge on any atom is -0.422 e. The van der Waals surface area contributed by atoms with E-state index < -0.39 is 11.5 Å². The maximum absolute atomic E-state index is 12.0. The van der Waals surface area contributed by atoms with Gasteiger partial charge in [-0.15, -0.1) is 0 Å². The van der Waals surface area contributed by atoms with E-state index in [1.165, 1.54) is 0 Å². The molecule has 0 spiro atoms. The van der Waals surface area contributed by atoms with Gasteiger partial charge in [0, 0.05) is 24.3 Å². The molecule has 6 heteroatoms. The van der Waals surface area contributed by atoms with Crippen LogP contribution in [-0.4, -0.2) is 22.2 Å². The Morgan fingerprint density at radius 3 is 2.95 bits per heavy atom. The van der Waals surface area contributed by atoms with E-state index in [0.29, 0.717) is 24.1 Å². The first-order chi connectivity index (χ1) is 10.2. The molecule has 0 atom stereocenters. The Labute approximate surface area is 120 Å². The summed E-state index contributed by atoms with van der Waals surface area (Å²) in [6.45, 7) is 0.921. The molecule has 0 aliphatic carbocycles. The van der Waals surface area contributed by atoms with Gasteiger partial charge in [-0.05, 0) is 18.2 Å². The third kappa shape index (κ3) is 2.84. The number of para-hydroxylation sites is 1. The summed E-state index contributed by atoms with van der Waals surface area (Å²) in [5, 5.41) is 7.43. The van der Waals surface area contributed by atoms with Crippen molar-refractivity contribution in [1.82, 2.24) is 15.1 Å². The predicted molar refractivity (Wildman–Crippen MR) is 77.0 cm³/mol. The number of carbonyl (C=O) groups is 1. The van der Waals surface area contributed by atoms with E-state index >= 15 is 0 Å². The first-order valence-corrected chi connectivity index (χ1v) is 6.52. The topological polar surface area (TPSA) is 77.1 Å². The van der Waals surface area contributed by atoms with Crippen LogP contribution in [0.2, 0.25) is 0 Å². The van der Waals surface area contributed by atoms with Gasteiger partial charge in [0.15, 0.2) is 0 Å². The number of benzene rings is 1. The SMILES string of the molecule is O=C(NCCn1cccn1)c1cc2ccccc2oc1=O. The Hall–Kier alpha value is -2.89. The summed E-state index contributed by atoms with van der Waals surface area (Å²) in [7, 11) is 0. The van der Waals surface area contributed by atoms with Gasteiger partial charge >= 0.3 is 5.63 Å². The van der Waals surface area contributed by atoms with Crippen LogP contribution in [0.5, 0.6) is 0 Å². The fourth-order valence-corrected chi connectivity index (χ4v) is 2.03. The van der Waals surface area contributed by atoms with Crippen molar-refractivity contribution in [3.63, 3.8) is 0 Å². The number of rotatable bonds is 4. The zero-order chi connectivity index (χ0) is 14.7. The monoisotopic (exact) mass is 283 g/mol. The molecule has 0 saturated carbocycles. The van der Waals surface area contributed by atoms with Gasteiger partial charge in [0.25, 0.3) is 5.91 Å². The van der Waals surface area contributed by atoms with Gasteiger partial charge in [-0.1, -0.05) is 18.2 Å². The Kier molecular flexibility index (Phi) is 3.51. The van der Waals surface area contributed by atoms with Crippen molar-refractivity contribution in [3.8, 4) is 0 Å². The van der Waals surface area contributed by atoms with E-state index in [4.69, 9.17) is 4.42 Å². The van der Waals surface area contributed by atoms with Crippen LogP contribution in [0.4, 0.5) is 0 Å². The van der Waals surface area contributed by atoms with Crippen molar-refractivity contribution in [2.24, 2.45) is 0 Å². The van der Waals surface area contributed by atoms with Gasteiger partial charge in [0.1, 0.15) is 11.1 Å².